The van der Waals surface area contributed by atoms with E-state index in [0.717, 1.165) is 13.1 Å². The monoisotopic (exact) mass is 260 g/mol. The highest BCUT2D eigenvalue weighted by Crippen LogP contribution is 2.03. The Labute approximate surface area is 111 Å². The van der Waals surface area contributed by atoms with Gasteiger partial charge in [-0.15, -0.1) is 0 Å². The van der Waals surface area contributed by atoms with Crippen LogP contribution in [0.2, 0.25) is 0 Å². The van der Waals surface area contributed by atoms with Gasteiger partial charge < -0.3 is 10.6 Å². The first kappa shape index (κ1) is 16.8. The van der Waals surface area contributed by atoms with Gasteiger partial charge in [0.2, 0.25) is 5.91 Å². The van der Waals surface area contributed by atoms with Gasteiger partial charge in [0.25, 0.3) is 0 Å². The molecule has 17 heavy (non-hydrogen) atoms. The Morgan fingerprint density at radius 1 is 1.18 bits per heavy atom. The van der Waals surface area contributed by atoms with E-state index in [2.05, 4.69) is 30.7 Å². The van der Waals surface area contributed by atoms with Gasteiger partial charge in [-0.25, -0.2) is 0 Å². The largest absolute Gasteiger partial charge is 0.355 e. The van der Waals surface area contributed by atoms with Gasteiger partial charge >= 0.3 is 0 Å². The van der Waals surface area contributed by atoms with Crippen LogP contribution in [0.4, 0.5) is 0 Å². The summed E-state index contributed by atoms with van der Waals surface area (Å²) in [5.74, 6) is 1.90. The van der Waals surface area contributed by atoms with Crippen molar-refractivity contribution in [2.45, 2.75) is 39.5 Å². The highest BCUT2D eigenvalue weighted by molar-refractivity contribution is 7.98. The summed E-state index contributed by atoms with van der Waals surface area (Å²) in [5.41, 5.74) is 0. The summed E-state index contributed by atoms with van der Waals surface area (Å²) in [6, 6.07) is 0. The van der Waals surface area contributed by atoms with Gasteiger partial charge in [-0.05, 0) is 37.3 Å². The lowest BCUT2D eigenvalue weighted by atomic mass is 10.2. The normalized spacial score (nSPS) is 10.8. The van der Waals surface area contributed by atoms with Crippen LogP contribution in [0.1, 0.15) is 39.5 Å². The third-order valence-corrected chi connectivity index (χ3v) is 3.14. The van der Waals surface area contributed by atoms with Gasteiger partial charge in [0, 0.05) is 6.54 Å². The zero-order chi connectivity index (χ0) is 12.9. The molecule has 0 unspecified atom stereocenters. The first-order valence-electron chi connectivity index (χ1n) is 6.63. The first-order chi connectivity index (χ1) is 8.16. The fraction of sp³-hybridized carbons (Fsp3) is 0.923. The quantitative estimate of drug-likeness (QED) is 0.560. The number of nitrogens with one attached hydrogen (secondary N) is 2. The number of unbranched alkanes of at least 4 members (excludes halogenated alkanes) is 3. The van der Waals surface area contributed by atoms with Crippen LogP contribution in [-0.4, -0.2) is 37.6 Å². The molecular formula is C13H28N2OS. The van der Waals surface area contributed by atoms with E-state index in [1.54, 1.807) is 0 Å². The molecule has 0 rings (SSSR count). The number of thioether (sulfide) groups is 1. The lowest BCUT2D eigenvalue weighted by Crippen LogP contribution is -2.36. The van der Waals surface area contributed by atoms with Crippen LogP contribution in [0.15, 0.2) is 0 Å². The zero-order valence-corrected chi connectivity index (χ0v) is 12.4. The minimum absolute atomic E-state index is 0.112. The molecule has 0 atom stereocenters. The molecule has 0 saturated heterocycles. The minimum Gasteiger partial charge on any atom is -0.355 e. The molecule has 0 saturated carbocycles. The topological polar surface area (TPSA) is 41.1 Å². The minimum atomic E-state index is 0.112. The summed E-state index contributed by atoms with van der Waals surface area (Å²) in [6.07, 6.45) is 7.21. The number of hydrogen-bond acceptors (Lipinski definition) is 3. The molecule has 0 spiro atoms. The Morgan fingerprint density at radius 2 is 1.88 bits per heavy atom. The van der Waals surface area contributed by atoms with Crippen LogP contribution < -0.4 is 10.6 Å². The molecule has 0 aliphatic rings. The average Bonchev–Trinajstić information content (AvgIpc) is 2.30. The highest BCUT2D eigenvalue weighted by atomic mass is 32.2. The van der Waals surface area contributed by atoms with E-state index in [0.29, 0.717) is 12.5 Å². The molecule has 4 heteroatoms. The third-order valence-electron chi connectivity index (χ3n) is 2.45. The summed E-state index contributed by atoms with van der Waals surface area (Å²) in [6.45, 7) is 6.38. The number of carbonyl (C=O) groups is 1. The van der Waals surface area contributed by atoms with Crippen molar-refractivity contribution in [1.82, 2.24) is 10.6 Å². The molecule has 0 radical (unpaired) electrons. The van der Waals surface area contributed by atoms with Gasteiger partial charge in [-0.1, -0.05) is 26.7 Å². The molecular weight excluding hydrogens is 232 g/mol. The molecule has 0 fully saturated rings. The van der Waals surface area contributed by atoms with E-state index in [4.69, 9.17) is 0 Å². The molecule has 0 aromatic carbocycles. The van der Waals surface area contributed by atoms with Gasteiger partial charge in [-0.2, -0.15) is 11.8 Å². The van der Waals surface area contributed by atoms with Crippen molar-refractivity contribution < 1.29 is 4.79 Å². The Balaban J connectivity index is 3.14. The van der Waals surface area contributed by atoms with Crippen molar-refractivity contribution in [3.05, 3.63) is 0 Å². The van der Waals surface area contributed by atoms with E-state index < -0.39 is 0 Å². The van der Waals surface area contributed by atoms with Crippen molar-refractivity contribution >= 4 is 17.7 Å². The summed E-state index contributed by atoms with van der Waals surface area (Å²) in [7, 11) is 0. The molecule has 0 heterocycles. The van der Waals surface area contributed by atoms with E-state index in [-0.39, 0.29) is 5.91 Å². The molecule has 3 nitrogen and oxygen atoms in total. The van der Waals surface area contributed by atoms with Gasteiger partial charge in [0.05, 0.1) is 6.54 Å². The Morgan fingerprint density at radius 3 is 2.53 bits per heavy atom. The Bertz CT molecular complexity index is 186. The van der Waals surface area contributed by atoms with E-state index >= 15 is 0 Å². The second-order valence-electron chi connectivity index (χ2n) is 4.78. The second kappa shape index (κ2) is 12.2. The zero-order valence-electron chi connectivity index (χ0n) is 11.6. The van der Waals surface area contributed by atoms with Crippen molar-refractivity contribution in [1.29, 1.82) is 0 Å². The van der Waals surface area contributed by atoms with Crippen LogP contribution in [0.25, 0.3) is 0 Å². The standard InChI is InChI=1S/C13H28N2OS/c1-12(2)10-15-13(16)11-14-8-6-4-5-7-9-17-3/h12,14H,4-11H2,1-3H3,(H,15,16). The third kappa shape index (κ3) is 13.7. The van der Waals surface area contributed by atoms with Gasteiger partial charge in [0.15, 0.2) is 0 Å². The number of carbonyl (C=O) groups excluding carboxylic acids is 1. The maximum Gasteiger partial charge on any atom is 0.233 e. The van der Waals surface area contributed by atoms with Crippen molar-refractivity contribution in [3.63, 3.8) is 0 Å². The van der Waals surface area contributed by atoms with Crippen LogP contribution >= 0.6 is 11.8 Å². The van der Waals surface area contributed by atoms with Crippen LogP contribution in [0, 0.1) is 5.92 Å². The molecule has 0 aliphatic carbocycles. The Hall–Kier alpha value is -0.220. The predicted molar refractivity (Wildman–Crippen MR) is 77.6 cm³/mol. The maximum absolute atomic E-state index is 11.3. The molecule has 0 aromatic rings. The molecule has 0 bridgehead atoms. The molecule has 2 N–H and O–H groups in total. The first-order valence-corrected chi connectivity index (χ1v) is 8.02. The van der Waals surface area contributed by atoms with E-state index in [9.17, 15) is 4.79 Å². The lowest BCUT2D eigenvalue weighted by Gasteiger charge is -2.08. The summed E-state index contributed by atoms with van der Waals surface area (Å²) in [5, 5.41) is 6.08. The number of amides is 1. The summed E-state index contributed by atoms with van der Waals surface area (Å²) < 4.78 is 0. The SMILES string of the molecule is CSCCCCCCNCC(=O)NCC(C)C. The maximum atomic E-state index is 11.3. The molecule has 0 aromatic heterocycles. The van der Waals surface area contributed by atoms with E-state index in [1.165, 1.54) is 31.4 Å². The van der Waals surface area contributed by atoms with Crippen LogP contribution in [0.3, 0.4) is 0 Å². The van der Waals surface area contributed by atoms with Gasteiger partial charge in [-0.3, -0.25) is 4.79 Å². The average molecular weight is 260 g/mol. The highest BCUT2D eigenvalue weighted by Gasteiger charge is 2.00. The number of hydrogen-bond donors (Lipinski definition) is 2. The molecule has 1 amide bonds. The van der Waals surface area contributed by atoms with Crippen molar-refractivity contribution in [2.75, 3.05) is 31.6 Å². The van der Waals surface area contributed by atoms with Crippen molar-refractivity contribution in [2.24, 2.45) is 5.92 Å². The smallest absolute Gasteiger partial charge is 0.233 e. The van der Waals surface area contributed by atoms with Crippen LogP contribution in [0.5, 0.6) is 0 Å². The lowest BCUT2D eigenvalue weighted by molar-refractivity contribution is -0.120. The van der Waals surface area contributed by atoms with E-state index in [1.807, 2.05) is 11.8 Å². The molecule has 102 valence electrons. The molecule has 0 aliphatic heterocycles. The van der Waals surface area contributed by atoms with Crippen LogP contribution in [-0.2, 0) is 4.79 Å². The second-order valence-corrected chi connectivity index (χ2v) is 5.77. The van der Waals surface area contributed by atoms with Gasteiger partial charge in [0.1, 0.15) is 0 Å². The Kier molecular flexibility index (Phi) is 12.1. The predicted octanol–water partition coefficient (Wildman–Crippen LogP) is 2.27. The number of rotatable bonds is 11. The fourth-order valence-corrected chi connectivity index (χ4v) is 1.93. The summed E-state index contributed by atoms with van der Waals surface area (Å²) >= 11 is 1.91. The summed E-state index contributed by atoms with van der Waals surface area (Å²) in [4.78, 5) is 11.3. The fourth-order valence-electron chi connectivity index (χ4n) is 1.43. The van der Waals surface area contributed by atoms with Crippen molar-refractivity contribution in [3.8, 4) is 0 Å².